The van der Waals surface area contributed by atoms with Gasteiger partial charge in [0.1, 0.15) is 0 Å². The molecule has 0 heterocycles. The van der Waals surface area contributed by atoms with E-state index in [0.717, 1.165) is 5.92 Å². The minimum absolute atomic E-state index is 0.196. The summed E-state index contributed by atoms with van der Waals surface area (Å²) in [5.74, 6) is 0.934. The molecule has 0 spiro atoms. The van der Waals surface area contributed by atoms with Crippen molar-refractivity contribution in [2.24, 2.45) is 5.92 Å². The van der Waals surface area contributed by atoms with Crippen LogP contribution in [0.15, 0.2) is 30.3 Å². The summed E-state index contributed by atoms with van der Waals surface area (Å²) in [6.45, 7) is 6.05. The Morgan fingerprint density at radius 1 is 1.07 bits per heavy atom. The van der Waals surface area contributed by atoms with Gasteiger partial charge in [-0.15, -0.1) is 0 Å². The summed E-state index contributed by atoms with van der Waals surface area (Å²) in [7, 11) is 4.56. The van der Waals surface area contributed by atoms with Crippen LogP contribution in [0.4, 0.5) is 0 Å². The average molecular weight is 417 g/mol. The van der Waals surface area contributed by atoms with Crippen LogP contribution < -0.4 is 5.32 Å². The summed E-state index contributed by atoms with van der Waals surface area (Å²) >= 11 is 2.02. The maximum atomic E-state index is 4.14. The second-order valence-electron chi connectivity index (χ2n) is 10.6. The lowest BCUT2D eigenvalue weighted by atomic mass is 9.66. The molecule has 3 rings (SSSR count). The Morgan fingerprint density at radius 3 is 2.24 bits per heavy atom. The quantitative estimate of drug-likeness (QED) is 0.471. The van der Waals surface area contributed by atoms with Gasteiger partial charge in [0.2, 0.25) is 0 Å². The molecule has 0 amide bonds. The highest BCUT2D eigenvalue weighted by atomic mass is 32.2. The maximum Gasteiger partial charge on any atom is 0.0456 e. The Bertz CT molecular complexity index is 613. The Hall–Kier alpha value is -0.510. The van der Waals surface area contributed by atoms with Crippen LogP contribution >= 0.6 is 11.8 Å². The fraction of sp³-hybridized carbons (Fsp3) is 0.769. The molecule has 2 fully saturated rings. The zero-order chi connectivity index (χ0) is 21.0. The van der Waals surface area contributed by atoms with Crippen LogP contribution in [-0.2, 0) is 5.54 Å². The van der Waals surface area contributed by atoms with E-state index in [-0.39, 0.29) is 5.54 Å². The molecule has 1 N–H and O–H groups in total. The minimum atomic E-state index is 0.196. The molecule has 2 aliphatic rings. The van der Waals surface area contributed by atoms with Crippen LogP contribution in [0.5, 0.6) is 0 Å². The van der Waals surface area contributed by atoms with E-state index in [0.29, 0.717) is 10.3 Å². The summed E-state index contributed by atoms with van der Waals surface area (Å²) in [6.07, 6.45) is 15.7. The van der Waals surface area contributed by atoms with Gasteiger partial charge in [0, 0.05) is 15.8 Å². The first-order valence-electron chi connectivity index (χ1n) is 11.8. The van der Waals surface area contributed by atoms with Gasteiger partial charge in [0.25, 0.3) is 0 Å². The lowest BCUT2D eigenvalue weighted by Crippen LogP contribution is -2.55. The number of rotatable bonds is 10. The summed E-state index contributed by atoms with van der Waals surface area (Å²) in [5, 5.41) is 4.14. The number of hydrogen-bond donors (Lipinski definition) is 1. The number of benzene rings is 1. The third-order valence-electron chi connectivity index (χ3n) is 8.18. The van der Waals surface area contributed by atoms with Crippen molar-refractivity contribution < 1.29 is 0 Å². The van der Waals surface area contributed by atoms with Crippen LogP contribution in [0.25, 0.3) is 0 Å². The molecule has 0 bridgehead atoms. The zero-order valence-electron chi connectivity index (χ0n) is 19.6. The zero-order valence-corrected chi connectivity index (χ0v) is 20.4. The van der Waals surface area contributed by atoms with Crippen molar-refractivity contribution in [3.63, 3.8) is 0 Å². The second kappa shape index (κ2) is 9.75. The van der Waals surface area contributed by atoms with Crippen LogP contribution in [0.2, 0.25) is 0 Å². The fourth-order valence-corrected chi connectivity index (χ4v) is 5.76. The summed E-state index contributed by atoms with van der Waals surface area (Å²) in [6, 6.07) is 11.3. The molecule has 0 radical (unpaired) electrons. The molecule has 0 atom stereocenters. The van der Waals surface area contributed by atoms with Gasteiger partial charge < -0.3 is 5.32 Å². The molecule has 0 aromatic heterocycles. The lowest BCUT2D eigenvalue weighted by molar-refractivity contribution is 0.0465. The van der Waals surface area contributed by atoms with Gasteiger partial charge in [-0.25, -0.2) is 0 Å². The monoisotopic (exact) mass is 416 g/mol. The third kappa shape index (κ3) is 5.60. The molecule has 3 heteroatoms. The Balaban J connectivity index is 1.70. The molecule has 29 heavy (non-hydrogen) atoms. The number of hydrogen-bond acceptors (Lipinski definition) is 3. The molecular weight excluding hydrogens is 372 g/mol. The first-order valence-corrected chi connectivity index (χ1v) is 13.1. The SMILES string of the molecule is CSC(C)(C)CCCC1(NCC2CCC2)CCC(c2ccccc2)(N(C)C)CC1. The molecule has 0 unspecified atom stereocenters. The van der Waals surface area contributed by atoms with Crippen LogP contribution in [0.3, 0.4) is 0 Å². The number of thioether (sulfide) groups is 1. The van der Waals surface area contributed by atoms with Crippen molar-refractivity contribution in [2.75, 3.05) is 26.9 Å². The smallest absolute Gasteiger partial charge is 0.0456 e. The number of nitrogens with one attached hydrogen (secondary N) is 1. The predicted molar refractivity (Wildman–Crippen MR) is 130 cm³/mol. The highest BCUT2D eigenvalue weighted by molar-refractivity contribution is 7.99. The third-order valence-corrected chi connectivity index (χ3v) is 9.49. The lowest BCUT2D eigenvalue weighted by Gasteiger charge is -2.51. The van der Waals surface area contributed by atoms with Gasteiger partial charge in [-0.2, -0.15) is 11.8 Å². The standard InChI is InChI=1S/C26H44N2S/c1-24(2,29-5)15-10-16-25(27-21-22-11-9-12-22)17-19-26(20-18-25,28(3)4)23-13-7-6-8-14-23/h6-8,13-14,22,27H,9-12,15-21H2,1-5H3. The molecule has 0 aliphatic heterocycles. The molecule has 2 nitrogen and oxygen atoms in total. The van der Waals surface area contributed by atoms with Gasteiger partial charge in [-0.3, -0.25) is 4.90 Å². The molecule has 0 saturated heterocycles. The second-order valence-corrected chi connectivity index (χ2v) is 12.1. The van der Waals surface area contributed by atoms with E-state index in [1.165, 1.54) is 76.3 Å². The molecule has 1 aromatic rings. The van der Waals surface area contributed by atoms with Crippen LogP contribution in [0, 0.1) is 5.92 Å². The van der Waals surface area contributed by atoms with E-state index < -0.39 is 0 Å². The largest absolute Gasteiger partial charge is 0.311 e. The van der Waals surface area contributed by atoms with Crippen molar-refractivity contribution >= 4 is 11.8 Å². The van der Waals surface area contributed by atoms with Crippen molar-refractivity contribution in [2.45, 2.75) is 93.9 Å². The van der Waals surface area contributed by atoms with Crippen LogP contribution in [-0.4, -0.2) is 42.1 Å². The molecule has 2 saturated carbocycles. The first kappa shape index (κ1) is 23.2. The van der Waals surface area contributed by atoms with Crippen molar-refractivity contribution in [3.05, 3.63) is 35.9 Å². The van der Waals surface area contributed by atoms with E-state index >= 15 is 0 Å². The van der Waals surface area contributed by atoms with Gasteiger partial charge in [-0.05, 0) is 89.7 Å². The topological polar surface area (TPSA) is 15.3 Å². The highest BCUT2D eigenvalue weighted by Gasteiger charge is 2.44. The highest BCUT2D eigenvalue weighted by Crippen LogP contribution is 2.46. The van der Waals surface area contributed by atoms with Gasteiger partial charge >= 0.3 is 0 Å². The Kier molecular flexibility index (Phi) is 7.78. The summed E-state index contributed by atoms with van der Waals surface area (Å²) in [5.41, 5.74) is 2.04. The van der Waals surface area contributed by atoms with E-state index in [1.54, 1.807) is 0 Å². The van der Waals surface area contributed by atoms with Crippen molar-refractivity contribution in [1.29, 1.82) is 0 Å². The Morgan fingerprint density at radius 2 is 1.72 bits per heavy atom. The summed E-state index contributed by atoms with van der Waals surface area (Å²) in [4.78, 5) is 2.50. The normalized spacial score (nSPS) is 28.5. The van der Waals surface area contributed by atoms with Gasteiger partial charge in [-0.1, -0.05) is 57.0 Å². The number of nitrogens with zero attached hydrogens (tertiary/aromatic N) is 1. The molecular formula is C26H44N2S. The first-order chi connectivity index (χ1) is 13.8. The van der Waals surface area contributed by atoms with Gasteiger partial charge in [0.15, 0.2) is 0 Å². The maximum absolute atomic E-state index is 4.14. The van der Waals surface area contributed by atoms with E-state index in [2.05, 4.69) is 74.7 Å². The van der Waals surface area contributed by atoms with E-state index in [4.69, 9.17) is 0 Å². The average Bonchev–Trinajstić information content (AvgIpc) is 2.68. The van der Waals surface area contributed by atoms with Gasteiger partial charge in [0.05, 0.1) is 0 Å². The fourth-order valence-electron chi connectivity index (χ4n) is 5.41. The predicted octanol–water partition coefficient (Wildman–Crippen LogP) is 6.46. The molecule has 164 valence electrons. The minimum Gasteiger partial charge on any atom is -0.311 e. The Labute approximate surface area is 184 Å². The van der Waals surface area contributed by atoms with E-state index in [1.807, 2.05) is 11.8 Å². The van der Waals surface area contributed by atoms with Crippen molar-refractivity contribution in [1.82, 2.24) is 10.2 Å². The molecule has 1 aromatic carbocycles. The summed E-state index contributed by atoms with van der Waals surface area (Å²) < 4.78 is 0.404. The molecule has 2 aliphatic carbocycles. The van der Waals surface area contributed by atoms with E-state index in [9.17, 15) is 0 Å². The van der Waals surface area contributed by atoms with Crippen molar-refractivity contribution in [3.8, 4) is 0 Å². The van der Waals surface area contributed by atoms with Crippen LogP contribution in [0.1, 0.15) is 83.6 Å².